The van der Waals surface area contributed by atoms with Gasteiger partial charge in [0, 0.05) is 6.42 Å². The number of amides is 2. The minimum Gasteiger partial charge on any atom is -0.483 e. The van der Waals surface area contributed by atoms with Crippen LogP contribution in [0.15, 0.2) is 53.0 Å². The Morgan fingerprint density at radius 2 is 1.68 bits per heavy atom. The van der Waals surface area contributed by atoms with Gasteiger partial charge in [-0.25, -0.2) is 0 Å². The Bertz CT molecular complexity index is 874. The molecule has 31 heavy (non-hydrogen) atoms. The molecule has 0 unspecified atom stereocenters. The second-order valence-corrected chi connectivity index (χ2v) is 7.67. The van der Waals surface area contributed by atoms with Gasteiger partial charge in [0.1, 0.15) is 5.75 Å². The number of esters is 1. The molecule has 166 valence electrons. The minimum absolute atomic E-state index is 0.0553. The summed E-state index contributed by atoms with van der Waals surface area (Å²) in [5, 5.41) is 0. The van der Waals surface area contributed by atoms with E-state index in [0.29, 0.717) is 12.4 Å². The van der Waals surface area contributed by atoms with Gasteiger partial charge >= 0.3 is 5.97 Å². The van der Waals surface area contributed by atoms with Crippen LogP contribution in [0.3, 0.4) is 0 Å². The van der Waals surface area contributed by atoms with Crippen molar-refractivity contribution >= 4 is 33.7 Å². The highest BCUT2D eigenvalue weighted by Gasteiger charge is 2.10. The molecule has 2 aromatic carbocycles. The Morgan fingerprint density at radius 3 is 2.39 bits per heavy atom. The van der Waals surface area contributed by atoms with Crippen LogP contribution in [0.5, 0.6) is 5.75 Å². The van der Waals surface area contributed by atoms with Crippen LogP contribution in [0.25, 0.3) is 0 Å². The monoisotopic (exact) mass is 490 g/mol. The fourth-order valence-electron chi connectivity index (χ4n) is 2.66. The van der Waals surface area contributed by atoms with Crippen molar-refractivity contribution in [2.24, 2.45) is 0 Å². The number of carbonyl (C=O) groups excluding carboxylic acids is 3. The molecule has 0 atom stereocenters. The molecule has 7 nitrogen and oxygen atoms in total. The second kappa shape index (κ2) is 13.4. The molecular formula is C23H27BrN2O5. The predicted octanol–water partition coefficient (Wildman–Crippen LogP) is 3.49. The van der Waals surface area contributed by atoms with E-state index in [1.165, 1.54) is 5.56 Å². The van der Waals surface area contributed by atoms with Crippen molar-refractivity contribution in [3.05, 3.63) is 64.1 Å². The summed E-state index contributed by atoms with van der Waals surface area (Å²) in [5.41, 5.74) is 6.84. The van der Waals surface area contributed by atoms with E-state index in [1.807, 2.05) is 49.4 Å². The van der Waals surface area contributed by atoms with Gasteiger partial charge in [0.15, 0.2) is 6.61 Å². The summed E-state index contributed by atoms with van der Waals surface area (Å²) < 4.78 is 11.3. The molecule has 0 bridgehead atoms. The third-order valence-electron chi connectivity index (χ3n) is 4.38. The summed E-state index contributed by atoms with van der Waals surface area (Å²) in [6.07, 6.45) is 2.30. The van der Waals surface area contributed by atoms with Crippen LogP contribution in [0.1, 0.15) is 37.3 Å². The van der Waals surface area contributed by atoms with Crippen LogP contribution in [-0.4, -0.2) is 31.0 Å². The molecular weight excluding hydrogens is 464 g/mol. The first-order chi connectivity index (χ1) is 15.0. The Labute approximate surface area is 190 Å². The molecule has 0 fully saturated rings. The Kier molecular flexibility index (Phi) is 10.6. The molecule has 8 heteroatoms. The zero-order chi connectivity index (χ0) is 22.5. The van der Waals surface area contributed by atoms with Gasteiger partial charge in [-0.2, -0.15) is 0 Å². The first-order valence-electron chi connectivity index (χ1n) is 10.2. The van der Waals surface area contributed by atoms with Crippen molar-refractivity contribution in [1.29, 1.82) is 0 Å². The molecule has 0 heterocycles. The van der Waals surface area contributed by atoms with Gasteiger partial charge in [-0.05, 0) is 58.5 Å². The number of hydrazine groups is 1. The van der Waals surface area contributed by atoms with Gasteiger partial charge in [0.05, 0.1) is 17.5 Å². The van der Waals surface area contributed by atoms with Crippen LogP contribution in [0, 0.1) is 0 Å². The largest absolute Gasteiger partial charge is 0.483 e. The molecule has 0 saturated carbocycles. The van der Waals surface area contributed by atoms with E-state index in [2.05, 4.69) is 26.8 Å². The third-order valence-corrected chi connectivity index (χ3v) is 5.00. The van der Waals surface area contributed by atoms with Crippen molar-refractivity contribution in [2.75, 3.05) is 13.2 Å². The first kappa shape index (κ1) is 24.4. The number of benzene rings is 2. The number of hydrogen-bond donors (Lipinski definition) is 2. The number of rotatable bonds is 11. The van der Waals surface area contributed by atoms with Gasteiger partial charge in [0.25, 0.3) is 5.91 Å². The van der Waals surface area contributed by atoms with Crippen LogP contribution in [0.4, 0.5) is 0 Å². The van der Waals surface area contributed by atoms with Crippen molar-refractivity contribution in [2.45, 2.75) is 39.0 Å². The van der Waals surface area contributed by atoms with Gasteiger partial charge in [-0.1, -0.05) is 43.3 Å². The number of aryl methyl sites for hydroxylation is 2. The summed E-state index contributed by atoms with van der Waals surface area (Å²) in [7, 11) is 0. The lowest BCUT2D eigenvalue weighted by molar-refractivity contribution is -0.145. The highest BCUT2D eigenvalue weighted by Crippen LogP contribution is 2.26. The zero-order valence-electron chi connectivity index (χ0n) is 17.5. The number of carbonyl (C=O) groups is 3. The molecule has 2 rings (SSSR count). The molecule has 2 amide bonds. The van der Waals surface area contributed by atoms with E-state index < -0.39 is 17.8 Å². The molecule has 0 saturated heterocycles. The van der Waals surface area contributed by atoms with Crippen LogP contribution in [0.2, 0.25) is 0 Å². The molecule has 0 spiro atoms. The lowest BCUT2D eigenvalue weighted by Gasteiger charge is -2.10. The van der Waals surface area contributed by atoms with Crippen molar-refractivity contribution in [1.82, 2.24) is 10.9 Å². The predicted molar refractivity (Wildman–Crippen MR) is 120 cm³/mol. The minimum atomic E-state index is -0.511. The Balaban J connectivity index is 1.55. The summed E-state index contributed by atoms with van der Waals surface area (Å²) in [6, 6.07) is 15.5. The number of halogens is 1. The van der Waals surface area contributed by atoms with Crippen molar-refractivity contribution < 1.29 is 23.9 Å². The summed E-state index contributed by atoms with van der Waals surface area (Å²) in [4.78, 5) is 35.3. The number of ether oxygens (including phenoxy) is 2. The normalized spacial score (nSPS) is 10.3. The summed E-state index contributed by atoms with van der Waals surface area (Å²) in [5.74, 6) is -0.904. The molecule has 0 aliphatic carbocycles. The van der Waals surface area contributed by atoms with Crippen molar-refractivity contribution in [3.63, 3.8) is 0 Å². The van der Waals surface area contributed by atoms with E-state index in [0.717, 1.165) is 29.3 Å². The van der Waals surface area contributed by atoms with E-state index in [-0.39, 0.29) is 19.4 Å². The molecule has 2 N–H and O–H groups in total. The smallest absolute Gasteiger partial charge is 0.306 e. The summed E-state index contributed by atoms with van der Waals surface area (Å²) >= 11 is 3.40. The molecule has 0 aliphatic rings. The Hall–Kier alpha value is -2.87. The van der Waals surface area contributed by atoms with Crippen molar-refractivity contribution in [3.8, 4) is 5.75 Å². The maximum Gasteiger partial charge on any atom is 0.306 e. The number of nitrogens with one attached hydrogen (secondary N) is 2. The average Bonchev–Trinajstić information content (AvgIpc) is 2.78. The SMILES string of the molecule is CCc1ccc(OCC(=O)NNC(=O)CCC(=O)OCCCc2ccccc2)c(Br)c1. The molecule has 0 radical (unpaired) electrons. The molecule has 0 aromatic heterocycles. The van der Waals surface area contributed by atoms with E-state index >= 15 is 0 Å². The van der Waals surface area contributed by atoms with Crippen LogP contribution in [-0.2, 0) is 32.0 Å². The van der Waals surface area contributed by atoms with E-state index in [1.54, 1.807) is 6.07 Å². The van der Waals surface area contributed by atoms with Gasteiger partial charge < -0.3 is 9.47 Å². The standard InChI is InChI=1S/C23H27BrN2O5/c1-2-17-10-11-20(19(24)15-17)31-16-22(28)26-25-21(27)12-13-23(29)30-14-6-9-18-7-4-3-5-8-18/h3-5,7-8,10-11,15H,2,6,9,12-14,16H2,1H3,(H,25,27)(H,26,28). The Morgan fingerprint density at radius 1 is 0.935 bits per heavy atom. The molecule has 0 aliphatic heterocycles. The topological polar surface area (TPSA) is 93.7 Å². The second-order valence-electron chi connectivity index (χ2n) is 6.81. The summed E-state index contributed by atoms with van der Waals surface area (Å²) in [6.45, 7) is 2.09. The van der Waals surface area contributed by atoms with Crippen LogP contribution < -0.4 is 15.6 Å². The lowest BCUT2D eigenvalue weighted by Crippen LogP contribution is -2.43. The highest BCUT2D eigenvalue weighted by atomic mass is 79.9. The maximum atomic E-state index is 11.8. The first-order valence-corrected chi connectivity index (χ1v) is 11.0. The van der Waals surface area contributed by atoms with Gasteiger partial charge in [0.2, 0.25) is 5.91 Å². The van der Waals surface area contributed by atoms with E-state index in [4.69, 9.17) is 9.47 Å². The highest BCUT2D eigenvalue weighted by molar-refractivity contribution is 9.10. The van der Waals surface area contributed by atoms with E-state index in [9.17, 15) is 14.4 Å². The number of hydrogen-bond acceptors (Lipinski definition) is 5. The fraction of sp³-hybridized carbons (Fsp3) is 0.348. The van der Waals surface area contributed by atoms with Crippen LogP contribution >= 0.6 is 15.9 Å². The maximum absolute atomic E-state index is 11.8. The lowest BCUT2D eigenvalue weighted by atomic mass is 10.1. The van der Waals surface area contributed by atoms with Gasteiger partial charge in [-0.15, -0.1) is 0 Å². The fourth-order valence-corrected chi connectivity index (χ4v) is 3.20. The van der Waals surface area contributed by atoms with Gasteiger partial charge in [-0.3, -0.25) is 25.2 Å². The quantitative estimate of drug-likeness (QED) is 0.285. The average molecular weight is 491 g/mol. The zero-order valence-corrected chi connectivity index (χ0v) is 19.1. The molecule has 2 aromatic rings. The third kappa shape index (κ3) is 9.65.